The van der Waals surface area contributed by atoms with Crippen molar-refractivity contribution in [1.29, 1.82) is 0 Å². The van der Waals surface area contributed by atoms with Gasteiger partial charge in [0.25, 0.3) is 0 Å². The Morgan fingerprint density at radius 1 is 0.826 bits per heavy atom. The van der Waals surface area contributed by atoms with Gasteiger partial charge in [0.2, 0.25) is 0 Å². The summed E-state index contributed by atoms with van der Waals surface area (Å²) >= 11 is 0. The maximum Gasteiger partial charge on any atom is 0.185 e. The molecule has 0 amide bonds. The molecule has 23 heavy (non-hydrogen) atoms. The standard InChI is InChI=1S/C21H20O2/c1-15-3-5-16(6-4-15)13-18-9-10-19(21(18)22)14-17-7-11-20(23-2)12-8-17/h3-8,11-14H,9-10H2,1-2H3/b18-13+,19-14+. The molecular formula is C21H20O2. The second-order valence-electron chi connectivity index (χ2n) is 5.85. The van der Waals surface area contributed by atoms with Crippen molar-refractivity contribution in [3.63, 3.8) is 0 Å². The third-order valence-electron chi connectivity index (χ3n) is 4.12. The van der Waals surface area contributed by atoms with Gasteiger partial charge in [0.1, 0.15) is 5.75 Å². The molecule has 2 heteroatoms. The summed E-state index contributed by atoms with van der Waals surface area (Å²) in [6, 6.07) is 16.0. The number of allylic oxidation sites excluding steroid dienone is 2. The van der Waals surface area contributed by atoms with E-state index in [1.165, 1.54) is 5.56 Å². The average Bonchev–Trinajstić information content (AvgIpc) is 2.91. The lowest BCUT2D eigenvalue weighted by atomic mass is 10.1. The average molecular weight is 304 g/mol. The van der Waals surface area contributed by atoms with Crippen LogP contribution in [0.25, 0.3) is 12.2 Å². The highest BCUT2D eigenvalue weighted by molar-refractivity contribution is 6.15. The second kappa shape index (κ2) is 6.66. The Kier molecular flexibility index (Phi) is 4.42. The van der Waals surface area contributed by atoms with E-state index in [1.807, 2.05) is 36.4 Å². The summed E-state index contributed by atoms with van der Waals surface area (Å²) < 4.78 is 5.16. The number of carbonyl (C=O) groups excluding carboxylic acids is 1. The molecule has 0 radical (unpaired) electrons. The molecule has 0 aromatic heterocycles. The number of aryl methyl sites for hydroxylation is 1. The van der Waals surface area contributed by atoms with Gasteiger partial charge in [-0.3, -0.25) is 4.79 Å². The van der Waals surface area contributed by atoms with Gasteiger partial charge in [0.05, 0.1) is 7.11 Å². The highest BCUT2D eigenvalue weighted by Gasteiger charge is 2.22. The fraction of sp³-hybridized carbons (Fsp3) is 0.190. The van der Waals surface area contributed by atoms with Gasteiger partial charge in [-0.15, -0.1) is 0 Å². The lowest BCUT2D eigenvalue weighted by Gasteiger charge is -2.00. The SMILES string of the molecule is COc1ccc(/C=C2\CC/C(=C\c3ccc(C)cc3)C2=O)cc1. The first-order valence-electron chi connectivity index (χ1n) is 7.82. The van der Waals surface area contributed by atoms with Crippen LogP contribution in [0.2, 0.25) is 0 Å². The summed E-state index contributed by atoms with van der Waals surface area (Å²) in [5.41, 5.74) is 5.13. The number of rotatable bonds is 3. The predicted molar refractivity (Wildman–Crippen MR) is 94.4 cm³/mol. The van der Waals surface area contributed by atoms with Crippen molar-refractivity contribution in [1.82, 2.24) is 0 Å². The quantitative estimate of drug-likeness (QED) is 0.759. The largest absolute Gasteiger partial charge is 0.497 e. The Morgan fingerprint density at radius 2 is 1.30 bits per heavy atom. The van der Waals surface area contributed by atoms with Crippen molar-refractivity contribution in [2.24, 2.45) is 0 Å². The number of ether oxygens (including phenoxy) is 1. The molecule has 116 valence electrons. The van der Waals surface area contributed by atoms with Gasteiger partial charge in [-0.2, -0.15) is 0 Å². The van der Waals surface area contributed by atoms with E-state index in [2.05, 4.69) is 31.2 Å². The van der Waals surface area contributed by atoms with Crippen LogP contribution in [0.4, 0.5) is 0 Å². The lowest BCUT2D eigenvalue weighted by molar-refractivity contribution is -0.111. The Morgan fingerprint density at radius 3 is 1.78 bits per heavy atom. The fourth-order valence-electron chi connectivity index (χ4n) is 2.74. The molecule has 2 nitrogen and oxygen atoms in total. The molecule has 2 aromatic carbocycles. The van der Waals surface area contributed by atoms with Crippen LogP contribution >= 0.6 is 0 Å². The molecule has 0 atom stereocenters. The van der Waals surface area contributed by atoms with Gasteiger partial charge < -0.3 is 4.74 Å². The molecule has 0 N–H and O–H groups in total. The normalized spacial score (nSPS) is 17.9. The Hall–Kier alpha value is -2.61. The number of benzene rings is 2. The molecule has 0 bridgehead atoms. The summed E-state index contributed by atoms with van der Waals surface area (Å²) in [5.74, 6) is 0.992. The minimum absolute atomic E-state index is 0.168. The maximum atomic E-state index is 12.5. The summed E-state index contributed by atoms with van der Waals surface area (Å²) in [4.78, 5) is 12.5. The fourth-order valence-corrected chi connectivity index (χ4v) is 2.74. The van der Waals surface area contributed by atoms with Crippen LogP contribution in [0.3, 0.4) is 0 Å². The van der Waals surface area contributed by atoms with Crippen LogP contribution in [0.15, 0.2) is 59.7 Å². The maximum absolute atomic E-state index is 12.5. The minimum atomic E-state index is 0.168. The van der Waals surface area contributed by atoms with Crippen molar-refractivity contribution in [2.45, 2.75) is 19.8 Å². The number of carbonyl (C=O) groups is 1. The molecule has 3 rings (SSSR count). The summed E-state index contributed by atoms with van der Waals surface area (Å²) in [6.07, 6.45) is 5.62. The van der Waals surface area contributed by atoms with Crippen molar-refractivity contribution in [3.8, 4) is 5.75 Å². The molecule has 0 aliphatic heterocycles. The third-order valence-corrected chi connectivity index (χ3v) is 4.12. The lowest BCUT2D eigenvalue weighted by Crippen LogP contribution is -1.95. The zero-order valence-corrected chi connectivity index (χ0v) is 13.5. The smallest absolute Gasteiger partial charge is 0.185 e. The molecule has 0 spiro atoms. The van der Waals surface area contributed by atoms with E-state index in [4.69, 9.17) is 4.74 Å². The zero-order valence-electron chi connectivity index (χ0n) is 13.5. The van der Waals surface area contributed by atoms with Crippen LogP contribution < -0.4 is 4.74 Å². The van der Waals surface area contributed by atoms with Crippen LogP contribution in [0.5, 0.6) is 5.75 Å². The molecule has 0 unspecified atom stereocenters. The van der Waals surface area contributed by atoms with Gasteiger partial charge in [-0.1, -0.05) is 42.0 Å². The van der Waals surface area contributed by atoms with Gasteiger partial charge in [0, 0.05) is 11.1 Å². The molecule has 0 saturated heterocycles. The summed E-state index contributed by atoms with van der Waals surface area (Å²) in [5, 5.41) is 0. The highest BCUT2D eigenvalue weighted by Crippen LogP contribution is 2.29. The van der Waals surface area contributed by atoms with E-state index in [0.717, 1.165) is 40.9 Å². The van der Waals surface area contributed by atoms with Gasteiger partial charge in [-0.05, 0) is 55.2 Å². The second-order valence-corrected chi connectivity index (χ2v) is 5.85. The van der Waals surface area contributed by atoms with E-state index < -0.39 is 0 Å². The number of hydrogen-bond donors (Lipinski definition) is 0. The van der Waals surface area contributed by atoms with E-state index in [-0.39, 0.29) is 5.78 Å². The first-order chi connectivity index (χ1) is 11.2. The number of methoxy groups -OCH3 is 1. The number of Topliss-reactive ketones (excluding diaryl/α,β-unsaturated/α-hetero) is 1. The Labute approximate surface area is 137 Å². The summed E-state index contributed by atoms with van der Waals surface area (Å²) in [7, 11) is 1.65. The van der Waals surface area contributed by atoms with Crippen molar-refractivity contribution < 1.29 is 9.53 Å². The van der Waals surface area contributed by atoms with Crippen molar-refractivity contribution in [2.75, 3.05) is 7.11 Å². The topological polar surface area (TPSA) is 26.3 Å². The molecular weight excluding hydrogens is 284 g/mol. The molecule has 0 heterocycles. The Bertz CT molecular complexity index is 762. The van der Waals surface area contributed by atoms with Crippen LogP contribution in [0, 0.1) is 6.92 Å². The third kappa shape index (κ3) is 3.59. The van der Waals surface area contributed by atoms with Crippen molar-refractivity contribution in [3.05, 3.63) is 76.4 Å². The van der Waals surface area contributed by atoms with E-state index in [9.17, 15) is 4.79 Å². The van der Waals surface area contributed by atoms with E-state index in [1.54, 1.807) is 7.11 Å². The van der Waals surface area contributed by atoms with Crippen molar-refractivity contribution >= 4 is 17.9 Å². The molecule has 1 aliphatic carbocycles. The Balaban J connectivity index is 1.80. The molecule has 2 aromatic rings. The van der Waals surface area contributed by atoms with Gasteiger partial charge in [-0.25, -0.2) is 0 Å². The van der Waals surface area contributed by atoms with Gasteiger partial charge >= 0.3 is 0 Å². The number of hydrogen-bond acceptors (Lipinski definition) is 2. The zero-order chi connectivity index (χ0) is 16.2. The van der Waals surface area contributed by atoms with Crippen LogP contribution in [-0.4, -0.2) is 12.9 Å². The first kappa shape index (κ1) is 15.3. The van der Waals surface area contributed by atoms with Crippen LogP contribution in [0.1, 0.15) is 29.5 Å². The number of ketones is 1. The summed E-state index contributed by atoms with van der Waals surface area (Å²) in [6.45, 7) is 2.06. The van der Waals surface area contributed by atoms with Gasteiger partial charge in [0.15, 0.2) is 5.78 Å². The predicted octanol–water partition coefficient (Wildman–Crippen LogP) is 4.83. The molecule has 1 aliphatic rings. The first-order valence-corrected chi connectivity index (χ1v) is 7.82. The minimum Gasteiger partial charge on any atom is -0.497 e. The highest BCUT2D eigenvalue weighted by atomic mass is 16.5. The van der Waals surface area contributed by atoms with Crippen LogP contribution in [-0.2, 0) is 4.79 Å². The molecule has 1 fully saturated rings. The molecule has 1 saturated carbocycles. The van der Waals surface area contributed by atoms with E-state index >= 15 is 0 Å². The monoisotopic (exact) mass is 304 g/mol. The van der Waals surface area contributed by atoms with E-state index in [0.29, 0.717) is 0 Å².